The van der Waals surface area contributed by atoms with Gasteiger partial charge in [-0.3, -0.25) is 9.78 Å². The Morgan fingerprint density at radius 2 is 1.68 bits per heavy atom. The Kier molecular flexibility index (Phi) is 6.38. The first-order valence-corrected chi connectivity index (χ1v) is 9.60. The summed E-state index contributed by atoms with van der Waals surface area (Å²) in [6.45, 7) is 0. The summed E-state index contributed by atoms with van der Waals surface area (Å²) < 4.78 is 0. The number of carbonyl (C=O) groups is 1. The molecule has 1 aliphatic rings. The fourth-order valence-electron chi connectivity index (χ4n) is 3.75. The van der Waals surface area contributed by atoms with Gasteiger partial charge in [0.1, 0.15) is 0 Å². The third-order valence-corrected chi connectivity index (χ3v) is 5.33. The summed E-state index contributed by atoms with van der Waals surface area (Å²) >= 11 is 6.03. The Balaban J connectivity index is 0.00000225. The lowest BCUT2D eigenvalue weighted by Gasteiger charge is -2.12. The number of aromatic nitrogens is 1. The largest absolute Gasteiger partial charge is 0.369 e. The molecule has 2 N–H and O–H groups in total. The van der Waals surface area contributed by atoms with Crippen LogP contribution in [-0.2, 0) is 30.5 Å². The number of aryl methyl sites for hydroxylation is 1. The first-order chi connectivity index (χ1) is 13.1. The van der Waals surface area contributed by atoms with Crippen LogP contribution in [0.1, 0.15) is 34.4 Å². The van der Waals surface area contributed by atoms with E-state index >= 15 is 0 Å². The number of nitrogens with zero attached hydrogens (tertiary/aromatic N) is 1. The molecule has 0 atom stereocenters. The van der Waals surface area contributed by atoms with Crippen molar-refractivity contribution in [2.24, 2.45) is 5.73 Å². The minimum Gasteiger partial charge on any atom is -0.369 e. The number of pyridine rings is 1. The van der Waals surface area contributed by atoms with Crippen LogP contribution in [0.5, 0.6) is 0 Å². The van der Waals surface area contributed by atoms with Gasteiger partial charge in [-0.2, -0.15) is 0 Å². The highest BCUT2D eigenvalue weighted by molar-refractivity contribution is 6.30. The molecule has 0 aliphatic heterocycles. The molecule has 1 aliphatic carbocycles. The second-order valence-corrected chi connectivity index (χ2v) is 7.53. The van der Waals surface area contributed by atoms with E-state index in [1.807, 2.05) is 36.4 Å². The van der Waals surface area contributed by atoms with Crippen molar-refractivity contribution >= 4 is 29.9 Å². The van der Waals surface area contributed by atoms with Crippen molar-refractivity contribution in [3.63, 3.8) is 0 Å². The van der Waals surface area contributed by atoms with Gasteiger partial charge in [0.15, 0.2) is 0 Å². The molecule has 3 nitrogen and oxygen atoms in total. The van der Waals surface area contributed by atoms with Gasteiger partial charge in [-0.1, -0.05) is 48.0 Å². The number of carbonyl (C=O) groups excluding carboxylic acids is 1. The number of rotatable bonds is 5. The standard InChI is InChI=1S/C23H21ClN2O.ClH/c24-19-10-8-17(9-11-19)22-14-18(20-2-1-3-21(20)26-22)12-15-4-6-16(7-5-15)13-23(25)27;/h4-11,14H,1-3,12-13H2,(H2,25,27);1H. The fraction of sp³-hybridized carbons (Fsp3) is 0.217. The maximum absolute atomic E-state index is 11.1. The minimum absolute atomic E-state index is 0. The first-order valence-electron chi connectivity index (χ1n) is 9.22. The zero-order valence-corrected chi connectivity index (χ0v) is 17.0. The molecular formula is C23H22Cl2N2O. The monoisotopic (exact) mass is 412 g/mol. The van der Waals surface area contributed by atoms with Gasteiger partial charge in [-0.25, -0.2) is 0 Å². The van der Waals surface area contributed by atoms with Crippen LogP contribution < -0.4 is 5.73 Å². The van der Waals surface area contributed by atoms with Gasteiger partial charge in [0.25, 0.3) is 0 Å². The molecule has 0 saturated heterocycles. The van der Waals surface area contributed by atoms with Crippen LogP contribution in [0, 0.1) is 0 Å². The third kappa shape index (κ3) is 4.54. The first kappa shape index (κ1) is 20.4. The number of nitrogens with two attached hydrogens (primary N) is 1. The van der Waals surface area contributed by atoms with Crippen LogP contribution in [-0.4, -0.2) is 10.9 Å². The van der Waals surface area contributed by atoms with E-state index in [4.69, 9.17) is 22.3 Å². The number of halogens is 2. The summed E-state index contributed by atoms with van der Waals surface area (Å²) in [5.41, 5.74) is 13.5. The van der Waals surface area contributed by atoms with E-state index in [0.29, 0.717) is 0 Å². The van der Waals surface area contributed by atoms with Gasteiger partial charge in [0.2, 0.25) is 5.91 Å². The summed E-state index contributed by atoms with van der Waals surface area (Å²) in [5, 5.41) is 0.733. The summed E-state index contributed by atoms with van der Waals surface area (Å²) in [7, 11) is 0. The van der Waals surface area contributed by atoms with E-state index in [9.17, 15) is 4.79 Å². The van der Waals surface area contributed by atoms with Crippen molar-refractivity contribution in [1.29, 1.82) is 0 Å². The van der Waals surface area contributed by atoms with E-state index in [0.717, 1.165) is 47.5 Å². The van der Waals surface area contributed by atoms with Crippen LogP contribution in [0.3, 0.4) is 0 Å². The minimum atomic E-state index is -0.303. The number of benzene rings is 2. The molecule has 0 saturated carbocycles. The normalized spacial score (nSPS) is 12.3. The number of amides is 1. The highest BCUT2D eigenvalue weighted by Crippen LogP contribution is 2.30. The Labute approximate surface area is 176 Å². The molecule has 0 bridgehead atoms. The third-order valence-electron chi connectivity index (χ3n) is 5.08. The highest BCUT2D eigenvalue weighted by Gasteiger charge is 2.18. The van der Waals surface area contributed by atoms with Gasteiger partial charge >= 0.3 is 0 Å². The number of hydrogen-bond acceptors (Lipinski definition) is 2. The SMILES string of the molecule is Cl.NC(=O)Cc1ccc(Cc2cc(-c3ccc(Cl)cc3)nc3c2CCC3)cc1. The lowest BCUT2D eigenvalue weighted by atomic mass is 9.96. The Morgan fingerprint density at radius 1 is 1.00 bits per heavy atom. The Hall–Kier alpha value is -2.36. The maximum atomic E-state index is 11.1. The van der Waals surface area contributed by atoms with Crippen molar-refractivity contribution in [1.82, 2.24) is 4.98 Å². The Morgan fingerprint density at radius 3 is 2.36 bits per heavy atom. The maximum Gasteiger partial charge on any atom is 0.221 e. The van der Waals surface area contributed by atoms with E-state index in [-0.39, 0.29) is 24.7 Å². The van der Waals surface area contributed by atoms with Crippen LogP contribution in [0.25, 0.3) is 11.3 Å². The summed E-state index contributed by atoms with van der Waals surface area (Å²) in [4.78, 5) is 16.0. The van der Waals surface area contributed by atoms with Gasteiger partial charge in [-0.15, -0.1) is 12.4 Å². The van der Waals surface area contributed by atoms with E-state index in [1.165, 1.54) is 22.4 Å². The molecule has 0 spiro atoms. The molecule has 1 aromatic heterocycles. The van der Waals surface area contributed by atoms with Gasteiger partial charge in [0.05, 0.1) is 12.1 Å². The number of primary amides is 1. The second kappa shape index (κ2) is 8.76. The van der Waals surface area contributed by atoms with Gasteiger partial charge in [-0.05, 0) is 66.1 Å². The van der Waals surface area contributed by atoms with Crippen molar-refractivity contribution in [2.75, 3.05) is 0 Å². The van der Waals surface area contributed by atoms with Crippen molar-refractivity contribution in [2.45, 2.75) is 32.1 Å². The summed E-state index contributed by atoms with van der Waals surface area (Å²) in [6.07, 6.45) is 4.45. The van der Waals surface area contributed by atoms with Crippen molar-refractivity contribution in [3.05, 3.63) is 87.6 Å². The van der Waals surface area contributed by atoms with Gasteiger partial charge in [0, 0.05) is 16.3 Å². The lowest BCUT2D eigenvalue weighted by molar-refractivity contribution is -0.117. The number of fused-ring (bicyclic) bond motifs is 1. The molecule has 0 fully saturated rings. The molecule has 144 valence electrons. The zero-order chi connectivity index (χ0) is 18.8. The highest BCUT2D eigenvalue weighted by atomic mass is 35.5. The van der Waals surface area contributed by atoms with E-state index in [1.54, 1.807) is 0 Å². The van der Waals surface area contributed by atoms with E-state index < -0.39 is 0 Å². The number of hydrogen-bond donors (Lipinski definition) is 1. The van der Waals surface area contributed by atoms with Crippen LogP contribution in [0.2, 0.25) is 5.02 Å². The summed E-state index contributed by atoms with van der Waals surface area (Å²) in [5.74, 6) is -0.303. The Bertz CT molecular complexity index is 983. The molecular weight excluding hydrogens is 391 g/mol. The molecule has 0 radical (unpaired) electrons. The molecule has 0 unspecified atom stereocenters. The average Bonchev–Trinajstić information content (AvgIpc) is 3.12. The molecule has 3 aromatic rings. The topological polar surface area (TPSA) is 56.0 Å². The molecule has 1 amide bonds. The molecule has 1 heterocycles. The smallest absolute Gasteiger partial charge is 0.221 e. The average molecular weight is 413 g/mol. The molecule has 28 heavy (non-hydrogen) atoms. The van der Waals surface area contributed by atoms with Crippen LogP contribution in [0.4, 0.5) is 0 Å². The second-order valence-electron chi connectivity index (χ2n) is 7.09. The van der Waals surface area contributed by atoms with Crippen LogP contribution >= 0.6 is 24.0 Å². The molecule has 2 aromatic carbocycles. The van der Waals surface area contributed by atoms with Crippen molar-refractivity contribution < 1.29 is 4.79 Å². The zero-order valence-electron chi connectivity index (χ0n) is 15.5. The van der Waals surface area contributed by atoms with Crippen molar-refractivity contribution in [3.8, 4) is 11.3 Å². The van der Waals surface area contributed by atoms with Crippen LogP contribution in [0.15, 0.2) is 54.6 Å². The molecule has 5 heteroatoms. The summed E-state index contributed by atoms with van der Waals surface area (Å²) in [6, 6.07) is 18.2. The predicted molar refractivity (Wildman–Crippen MR) is 116 cm³/mol. The molecule has 4 rings (SSSR count). The predicted octanol–water partition coefficient (Wildman–Crippen LogP) is 4.93. The van der Waals surface area contributed by atoms with E-state index in [2.05, 4.69) is 18.2 Å². The fourth-order valence-corrected chi connectivity index (χ4v) is 3.88. The van der Waals surface area contributed by atoms with Gasteiger partial charge < -0.3 is 5.73 Å². The lowest BCUT2D eigenvalue weighted by Crippen LogP contribution is -2.13. The quantitative estimate of drug-likeness (QED) is 0.645.